The summed E-state index contributed by atoms with van der Waals surface area (Å²) in [6.07, 6.45) is 1.16. The molecule has 0 aliphatic carbocycles. The lowest BCUT2D eigenvalue weighted by atomic mass is 9.88. The molecule has 4 heteroatoms. The molecule has 2 heterocycles. The van der Waals surface area contributed by atoms with E-state index in [1.165, 1.54) is 33.4 Å². The molecular weight excluding hydrogens is 376 g/mol. The van der Waals surface area contributed by atoms with Crippen molar-refractivity contribution in [2.45, 2.75) is 25.4 Å². The van der Waals surface area contributed by atoms with Crippen molar-refractivity contribution in [2.75, 3.05) is 26.4 Å². The van der Waals surface area contributed by atoms with Gasteiger partial charge >= 0.3 is 0 Å². The molecule has 0 aromatic heterocycles. The van der Waals surface area contributed by atoms with Gasteiger partial charge in [-0.05, 0) is 33.4 Å². The van der Waals surface area contributed by atoms with E-state index < -0.39 is 0 Å². The van der Waals surface area contributed by atoms with Crippen molar-refractivity contribution in [1.29, 1.82) is 0 Å². The molecule has 2 aliphatic heterocycles. The monoisotopic (exact) mass is 402 g/mol. The average Bonchev–Trinajstić information content (AvgIpc) is 3.49. The Bertz CT molecular complexity index is 907. The molecule has 5 rings (SSSR count). The fourth-order valence-corrected chi connectivity index (χ4v) is 4.28. The maximum atomic E-state index is 5.71. The van der Waals surface area contributed by atoms with E-state index in [1.54, 1.807) is 0 Å². The normalized spacial score (nSPS) is 17.6. The summed E-state index contributed by atoms with van der Waals surface area (Å²) in [6.45, 7) is 2.68. The van der Waals surface area contributed by atoms with Gasteiger partial charge in [-0.3, -0.25) is 0 Å². The third kappa shape index (κ3) is 4.18. The lowest BCUT2D eigenvalue weighted by Gasteiger charge is -2.19. The highest BCUT2D eigenvalue weighted by atomic mass is 16.7. The Morgan fingerprint density at radius 1 is 0.467 bits per heavy atom. The van der Waals surface area contributed by atoms with Gasteiger partial charge in [0.25, 0.3) is 0 Å². The first-order valence-electron chi connectivity index (χ1n) is 10.6. The zero-order valence-corrected chi connectivity index (χ0v) is 17.0. The smallest absolute Gasteiger partial charge is 0.161 e. The van der Waals surface area contributed by atoms with Crippen LogP contribution in [0.1, 0.15) is 11.1 Å². The van der Waals surface area contributed by atoms with Crippen molar-refractivity contribution >= 4 is 0 Å². The maximum absolute atomic E-state index is 5.71. The first-order chi connectivity index (χ1) is 14.9. The predicted molar refractivity (Wildman–Crippen MR) is 116 cm³/mol. The van der Waals surface area contributed by atoms with Crippen LogP contribution in [0, 0.1) is 0 Å². The standard InChI is InChI=1S/C26H26O4/c1-3-9-21(19(7-1)17-25-27-13-14-28-25)23-11-5-6-12-24(23)22-10-4-2-8-20(22)18-26-29-15-16-30-26/h1-12,25-26H,13-18H2. The highest BCUT2D eigenvalue weighted by molar-refractivity contribution is 5.86. The van der Waals surface area contributed by atoms with Gasteiger partial charge in [-0.2, -0.15) is 0 Å². The molecule has 30 heavy (non-hydrogen) atoms. The molecule has 0 N–H and O–H groups in total. The molecular formula is C26H26O4. The quantitative estimate of drug-likeness (QED) is 0.591. The second kappa shape index (κ2) is 9.11. The summed E-state index contributed by atoms with van der Waals surface area (Å²) < 4.78 is 22.8. The zero-order chi connectivity index (χ0) is 20.2. The Morgan fingerprint density at radius 3 is 1.20 bits per heavy atom. The van der Waals surface area contributed by atoms with Gasteiger partial charge in [0.1, 0.15) is 0 Å². The minimum Gasteiger partial charge on any atom is -0.350 e. The Morgan fingerprint density at radius 2 is 0.800 bits per heavy atom. The number of benzene rings is 3. The third-order valence-corrected chi connectivity index (χ3v) is 5.70. The summed E-state index contributed by atoms with van der Waals surface area (Å²) in [6, 6.07) is 25.7. The van der Waals surface area contributed by atoms with Crippen LogP contribution in [0.15, 0.2) is 72.8 Å². The topological polar surface area (TPSA) is 36.9 Å². The molecule has 0 saturated carbocycles. The van der Waals surface area contributed by atoms with Crippen LogP contribution in [0.5, 0.6) is 0 Å². The van der Waals surface area contributed by atoms with Gasteiger partial charge in [0.15, 0.2) is 12.6 Å². The maximum Gasteiger partial charge on any atom is 0.161 e. The summed E-state index contributed by atoms with van der Waals surface area (Å²) in [7, 11) is 0. The molecule has 0 radical (unpaired) electrons. The van der Waals surface area contributed by atoms with Crippen molar-refractivity contribution in [2.24, 2.45) is 0 Å². The van der Waals surface area contributed by atoms with E-state index in [-0.39, 0.29) is 12.6 Å². The van der Waals surface area contributed by atoms with Gasteiger partial charge in [-0.1, -0.05) is 72.8 Å². The van der Waals surface area contributed by atoms with Gasteiger partial charge < -0.3 is 18.9 Å². The van der Waals surface area contributed by atoms with E-state index in [9.17, 15) is 0 Å². The number of ether oxygens (including phenoxy) is 4. The highest BCUT2D eigenvalue weighted by Gasteiger charge is 2.21. The van der Waals surface area contributed by atoms with E-state index >= 15 is 0 Å². The predicted octanol–water partition coefficient (Wildman–Crippen LogP) is 4.85. The fourth-order valence-electron chi connectivity index (χ4n) is 4.28. The minimum atomic E-state index is -0.165. The summed E-state index contributed by atoms with van der Waals surface area (Å²) >= 11 is 0. The van der Waals surface area contributed by atoms with Crippen LogP contribution in [0.3, 0.4) is 0 Å². The number of hydrogen-bond donors (Lipinski definition) is 0. The minimum absolute atomic E-state index is 0.165. The number of rotatable bonds is 6. The Hall–Kier alpha value is -2.50. The first-order valence-corrected chi connectivity index (χ1v) is 10.6. The van der Waals surface area contributed by atoms with Gasteiger partial charge in [0.2, 0.25) is 0 Å². The van der Waals surface area contributed by atoms with Crippen LogP contribution in [0.2, 0.25) is 0 Å². The third-order valence-electron chi connectivity index (χ3n) is 5.70. The van der Waals surface area contributed by atoms with Gasteiger partial charge in [-0.25, -0.2) is 0 Å². The van der Waals surface area contributed by atoms with E-state index in [0.717, 1.165) is 12.8 Å². The molecule has 0 bridgehead atoms. The summed E-state index contributed by atoms with van der Waals surface area (Å²) in [5.74, 6) is 0. The summed E-state index contributed by atoms with van der Waals surface area (Å²) in [4.78, 5) is 0. The van der Waals surface area contributed by atoms with Crippen LogP contribution < -0.4 is 0 Å². The van der Waals surface area contributed by atoms with Crippen LogP contribution in [0.4, 0.5) is 0 Å². The molecule has 0 atom stereocenters. The largest absolute Gasteiger partial charge is 0.350 e. The van der Waals surface area contributed by atoms with E-state index in [2.05, 4.69) is 72.8 Å². The first kappa shape index (κ1) is 19.5. The van der Waals surface area contributed by atoms with Gasteiger partial charge in [0.05, 0.1) is 26.4 Å². The molecule has 154 valence electrons. The molecule has 2 saturated heterocycles. The van der Waals surface area contributed by atoms with Crippen LogP contribution in [0.25, 0.3) is 22.3 Å². The molecule has 0 unspecified atom stereocenters. The van der Waals surface area contributed by atoms with E-state index in [4.69, 9.17) is 18.9 Å². The molecule has 0 spiro atoms. The lowest BCUT2D eigenvalue weighted by molar-refractivity contribution is -0.0402. The van der Waals surface area contributed by atoms with Gasteiger partial charge in [-0.15, -0.1) is 0 Å². The van der Waals surface area contributed by atoms with Crippen LogP contribution in [-0.4, -0.2) is 39.0 Å². The van der Waals surface area contributed by atoms with Crippen molar-refractivity contribution in [3.8, 4) is 22.3 Å². The number of hydrogen-bond acceptors (Lipinski definition) is 4. The summed E-state index contributed by atoms with van der Waals surface area (Å²) in [5, 5.41) is 0. The molecule has 4 nitrogen and oxygen atoms in total. The molecule has 2 aliphatic rings. The second-order valence-electron chi connectivity index (χ2n) is 7.61. The van der Waals surface area contributed by atoms with Crippen LogP contribution >= 0.6 is 0 Å². The van der Waals surface area contributed by atoms with Crippen molar-refractivity contribution < 1.29 is 18.9 Å². The lowest BCUT2D eigenvalue weighted by Crippen LogP contribution is -2.12. The summed E-state index contributed by atoms with van der Waals surface area (Å²) in [5.41, 5.74) is 7.33. The SMILES string of the molecule is c1ccc(-c2ccccc2-c2ccccc2CC2OCCO2)c(CC2OCCO2)c1. The average molecular weight is 402 g/mol. The highest BCUT2D eigenvalue weighted by Crippen LogP contribution is 2.37. The molecule has 2 fully saturated rings. The Kier molecular flexibility index (Phi) is 5.91. The fraction of sp³-hybridized carbons (Fsp3) is 0.308. The zero-order valence-electron chi connectivity index (χ0n) is 17.0. The second-order valence-corrected chi connectivity index (χ2v) is 7.61. The Labute approximate surface area is 177 Å². The van der Waals surface area contributed by atoms with Crippen molar-refractivity contribution in [3.05, 3.63) is 83.9 Å². The van der Waals surface area contributed by atoms with Gasteiger partial charge in [0, 0.05) is 12.8 Å². The van der Waals surface area contributed by atoms with Crippen molar-refractivity contribution in [3.63, 3.8) is 0 Å². The molecule has 3 aromatic carbocycles. The Balaban J connectivity index is 1.53. The molecule has 3 aromatic rings. The van der Waals surface area contributed by atoms with Crippen molar-refractivity contribution in [1.82, 2.24) is 0 Å². The van der Waals surface area contributed by atoms with E-state index in [1.807, 2.05) is 0 Å². The van der Waals surface area contributed by atoms with E-state index in [0.29, 0.717) is 26.4 Å². The molecule has 0 amide bonds. The van der Waals surface area contributed by atoms with Crippen LogP contribution in [-0.2, 0) is 31.8 Å².